The monoisotopic (exact) mass is 428 g/mol. The highest BCUT2D eigenvalue weighted by Crippen LogP contribution is 2.66. The summed E-state index contributed by atoms with van der Waals surface area (Å²) < 4.78 is 42.6. The summed E-state index contributed by atoms with van der Waals surface area (Å²) in [6.45, 7) is 6.02. The van der Waals surface area contributed by atoms with E-state index in [2.05, 4.69) is 19.9 Å². The molecule has 4 aliphatic carbocycles. The van der Waals surface area contributed by atoms with Gasteiger partial charge >= 0.3 is 6.18 Å². The molecule has 1 N–H and O–H groups in total. The summed E-state index contributed by atoms with van der Waals surface area (Å²) in [5.74, 6) is 0.201. The summed E-state index contributed by atoms with van der Waals surface area (Å²) in [5.41, 5.74) is 1.09. The maximum Gasteiger partial charge on any atom is 0.452 e. The van der Waals surface area contributed by atoms with Gasteiger partial charge in [-0.15, -0.1) is 0 Å². The largest absolute Gasteiger partial charge is 0.452 e. The lowest BCUT2D eigenvalue weighted by atomic mass is 9.47. The lowest BCUT2D eigenvalue weighted by Crippen LogP contribution is -2.52. The summed E-state index contributed by atoms with van der Waals surface area (Å²) in [4.78, 5) is 11.1. The molecule has 30 heavy (non-hydrogen) atoms. The molecule has 4 rings (SSSR count). The zero-order valence-corrected chi connectivity index (χ0v) is 18.4. The maximum absolute atomic E-state index is 12.4. The van der Waals surface area contributed by atoms with Crippen molar-refractivity contribution in [2.45, 2.75) is 83.9 Å². The lowest BCUT2D eigenvalue weighted by Gasteiger charge is -2.58. The van der Waals surface area contributed by atoms with Gasteiger partial charge in [0.15, 0.2) is 0 Å². The van der Waals surface area contributed by atoms with Gasteiger partial charge in [0.05, 0.1) is 12.2 Å². The molecule has 0 saturated heterocycles. The quantitative estimate of drug-likeness (QED) is 0.605. The highest BCUT2D eigenvalue weighted by atomic mass is 19.4. The summed E-state index contributed by atoms with van der Waals surface area (Å²) in [6.07, 6.45) is 5.54. The molecule has 0 amide bonds. The van der Waals surface area contributed by atoms with Crippen molar-refractivity contribution in [1.29, 1.82) is 0 Å². The Morgan fingerprint density at radius 2 is 1.87 bits per heavy atom. The van der Waals surface area contributed by atoms with Crippen molar-refractivity contribution in [2.75, 3.05) is 13.2 Å². The minimum Gasteiger partial charge on any atom is -0.390 e. The minimum absolute atomic E-state index is 0.0737. The van der Waals surface area contributed by atoms with E-state index in [0.29, 0.717) is 17.8 Å². The molecule has 0 aromatic heterocycles. The number of carbonyl (C=O) groups excluding carboxylic acids is 1. The van der Waals surface area contributed by atoms with Gasteiger partial charge in [-0.3, -0.25) is 4.79 Å². The fourth-order valence-electron chi connectivity index (χ4n) is 7.56. The molecule has 0 aliphatic heterocycles. The highest BCUT2D eigenvalue weighted by Gasteiger charge is 2.59. The predicted octanol–water partition coefficient (Wildman–Crippen LogP) is 5.46. The molecule has 170 valence electrons. The van der Waals surface area contributed by atoms with Crippen LogP contribution in [0, 0.1) is 34.5 Å². The second-order valence-electron chi connectivity index (χ2n) is 11.2. The topological polar surface area (TPSA) is 46.5 Å². The van der Waals surface area contributed by atoms with Crippen molar-refractivity contribution < 1.29 is 27.8 Å². The van der Waals surface area contributed by atoms with Crippen LogP contribution in [0.4, 0.5) is 13.2 Å². The number of carbonyl (C=O) groups is 1. The molecule has 3 saturated carbocycles. The van der Waals surface area contributed by atoms with E-state index in [0.717, 1.165) is 51.4 Å². The molecular formula is C24H35F3O3. The highest BCUT2D eigenvalue weighted by molar-refractivity contribution is 5.85. The molecule has 6 heteroatoms. The van der Waals surface area contributed by atoms with E-state index in [1.807, 2.05) is 6.92 Å². The second-order valence-corrected chi connectivity index (χ2v) is 11.2. The number of ketones is 1. The van der Waals surface area contributed by atoms with Crippen LogP contribution in [0.3, 0.4) is 0 Å². The number of hydrogen-bond donors (Lipinski definition) is 1. The standard InChI is InChI=1S/C24H35F3O3/c1-21(29)10-11-23(3)15(12-21)4-6-17-18-7-5-16(22(18,2)9-8-19(17)23)13-30-14-20(28)24(25,26)27/h4,16-19,29H,5-14H2,1-3H3. The van der Waals surface area contributed by atoms with Crippen LogP contribution < -0.4 is 0 Å². The first kappa shape index (κ1) is 22.3. The van der Waals surface area contributed by atoms with Crippen LogP contribution >= 0.6 is 0 Å². The number of ether oxygens (including phenoxy) is 1. The molecule has 0 aromatic rings. The number of rotatable bonds is 4. The third-order valence-electron chi connectivity index (χ3n) is 9.44. The zero-order valence-electron chi connectivity index (χ0n) is 18.4. The van der Waals surface area contributed by atoms with Crippen LogP contribution in [-0.4, -0.2) is 35.9 Å². The molecule has 0 radical (unpaired) electrons. The van der Waals surface area contributed by atoms with Gasteiger partial charge in [0, 0.05) is 0 Å². The molecule has 4 aliphatic rings. The third-order valence-corrected chi connectivity index (χ3v) is 9.44. The molecule has 0 heterocycles. The van der Waals surface area contributed by atoms with E-state index in [9.17, 15) is 23.1 Å². The number of allylic oxidation sites excluding steroid dienone is 1. The van der Waals surface area contributed by atoms with Crippen LogP contribution in [-0.2, 0) is 9.53 Å². The van der Waals surface area contributed by atoms with Crippen LogP contribution in [0.15, 0.2) is 11.6 Å². The van der Waals surface area contributed by atoms with Gasteiger partial charge in [-0.2, -0.15) is 13.2 Å². The fourth-order valence-corrected chi connectivity index (χ4v) is 7.56. The average molecular weight is 429 g/mol. The molecule has 3 nitrogen and oxygen atoms in total. The van der Waals surface area contributed by atoms with Gasteiger partial charge in [-0.1, -0.05) is 25.5 Å². The van der Waals surface area contributed by atoms with Gasteiger partial charge in [0.25, 0.3) is 5.78 Å². The van der Waals surface area contributed by atoms with E-state index in [4.69, 9.17) is 4.74 Å². The van der Waals surface area contributed by atoms with Gasteiger partial charge in [0.1, 0.15) is 6.61 Å². The van der Waals surface area contributed by atoms with Crippen molar-refractivity contribution >= 4 is 5.78 Å². The third kappa shape index (κ3) is 3.66. The fraction of sp³-hybridized carbons (Fsp3) is 0.875. The van der Waals surface area contributed by atoms with Crippen molar-refractivity contribution in [3.05, 3.63) is 11.6 Å². The van der Waals surface area contributed by atoms with Gasteiger partial charge in [-0.05, 0) is 92.8 Å². The van der Waals surface area contributed by atoms with Gasteiger partial charge < -0.3 is 9.84 Å². The summed E-state index contributed by atoms with van der Waals surface area (Å²) >= 11 is 0. The van der Waals surface area contributed by atoms with Crippen molar-refractivity contribution in [2.24, 2.45) is 34.5 Å². The van der Waals surface area contributed by atoms with Crippen molar-refractivity contribution in [1.82, 2.24) is 0 Å². The second kappa shape index (κ2) is 7.33. The number of Topliss-reactive ketones (excluding diaryl/α,β-unsaturated/α-hetero) is 1. The Balaban J connectivity index is 1.45. The Morgan fingerprint density at radius 1 is 1.13 bits per heavy atom. The Hall–Kier alpha value is -0.880. The molecule has 7 unspecified atom stereocenters. The number of alkyl halides is 3. The van der Waals surface area contributed by atoms with Crippen molar-refractivity contribution in [3.63, 3.8) is 0 Å². The Kier molecular flexibility index (Phi) is 5.45. The molecular weight excluding hydrogens is 393 g/mol. The molecule has 0 aromatic carbocycles. The average Bonchev–Trinajstić information content (AvgIpc) is 2.98. The van der Waals surface area contributed by atoms with Crippen LogP contribution in [0.25, 0.3) is 0 Å². The minimum atomic E-state index is -4.81. The van der Waals surface area contributed by atoms with Gasteiger partial charge in [0.2, 0.25) is 0 Å². The SMILES string of the molecule is CC1(O)CCC2(C)C(=CCC3C2CCC2(C)C(COCC(=O)C(F)(F)F)CCC32)C1. The predicted molar refractivity (Wildman–Crippen MR) is 108 cm³/mol. The number of halogens is 3. The summed E-state index contributed by atoms with van der Waals surface area (Å²) in [5, 5.41) is 10.6. The molecule has 0 spiro atoms. The van der Waals surface area contributed by atoms with E-state index in [1.165, 1.54) is 5.57 Å². The first-order valence-corrected chi connectivity index (χ1v) is 11.5. The summed E-state index contributed by atoms with van der Waals surface area (Å²) in [7, 11) is 0. The Labute approximate surface area is 177 Å². The number of aliphatic hydroxyl groups is 1. The van der Waals surface area contributed by atoms with E-state index < -0.39 is 24.2 Å². The molecule has 7 atom stereocenters. The zero-order chi connectivity index (χ0) is 21.9. The Morgan fingerprint density at radius 3 is 2.57 bits per heavy atom. The first-order chi connectivity index (χ1) is 13.9. The van der Waals surface area contributed by atoms with Crippen LogP contribution in [0.5, 0.6) is 0 Å². The van der Waals surface area contributed by atoms with Crippen LogP contribution in [0.2, 0.25) is 0 Å². The lowest BCUT2D eigenvalue weighted by molar-refractivity contribution is -0.176. The first-order valence-electron chi connectivity index (χ1n) is 11.5. The Bertz CT molecular complexity index is 728. The van der Waals surface area contributed by atoms with E-state index >= 15 is 0 Å². The molecule has 0 bridgehead atoms. The van der Waals surface area contributed by atoms with Gasteiger partial charge in [-0.25, -0.2) is 0 Å². The van der Waals surface area contributed by atoms with E-state index in [-0.39, 0.29) is 23.4 Å². The van der Waals surface area contributed by atoms with Crippen LogP contribution in [0.1, 0.15) is 72.1 Å². The number of hydrogen-bond acceptors (Lipinski definition) is 3. The molecule has 3 fully saturated rings. The summed E-state index contributed by atoms with van der Waals surface area (Å²) in [6, 6.07) is 0. The maximum atomic E-state index is 12.4. The smallest absolute Gasteiger partial charge is 0.390 e. The van der Waals surface area contributed by atoms with Crippen molar-refractivity contribution in [3.8, 4) is 0 Å². The number of fused-ring (bicyclic) bond motifs is 5. The normalized spacial score (nSPS) is 45.9. The van der Waals surface area contributed by atoms with E-state index in [1.54, 1.807) is 0 Å².